The first-order chi connectivity index (χ1) is 9.37. The predicted octanol–water partition coefficient (Wildman–Crippen LogP) is 3.31. The van der Waals surface area contributed by atoms with Gasteiger partial charge in [-0.2, -0.15) is 5.10 Å². The van der Waals surface area contributed by atoms with Crippen LogP contribution in [0.15, 0.2) is 33.8 Å². The molecular weight excluding hydrogens is 320 g/mol. The molecule has 1 N–H and O–H groups in total. The van der Waals surface area contributed by atoms with Gasteiger partial charge < -0.3 is 0 Å². The van der Waals surface area contributed by atoms with E-state index in [1.54, 1.807) is 18.2 Å². The van der Waals surface area contributed by atoms with Crippen LogP contribution in [-0.4, -0.2) is 17.4 Å². The van der Waals surface area contributed by atoms with Crippen LogP contribution in [0.5, 0.6) is 0 Å². The zero-order valence-corrected chi connectivity index (χ0v) is 13.2. The number of Topliss-reactive ketones (excluding diaryl/α,β-unsaturated/α-hetero) is 1. The number of ketones is 1. The van der Waals surface area contributed by atoms with Gasteiger partial charge in [-0.1, -0.05) is 26.0 Å². The van der Waals surface area contributed by atoms with Crippen molar-refractivity contribution >= 4 is 33.3 Å². The highest BCUT2D eigenvalue weighted by atomic mass is 79.9. The Kier molecular flexibility index (Phi) is 4.38. The number of benzene rings is 1. The summed E-state index contributed by atoms with van der Waals surface area (Å²) in [6.07, 6.45) is 1.64. The fraction of sp³-hybridized carbons (Fsp3) is 0.400. The maximum atomic E-state index is 12.0. The van der Waals surface area contributed by atoms with E-state index in [0.29, 0.717) is 18.4 Å². The summed E-state index contributed by atoms with van der Waals surface area (Å²) in [4.78, 5) is 23.7. The minimum Gasteiger partial charge on any atom is -0.299 e. The van der Waals surface area contributed by atoms with Gasteiger partial charge in [0.25, 0.3) is 5.91 Å². The molecule has 1 aliphatic rings. The SMILES string of the molecule is CC1(C)CC(=O)CC(=NNC(=O)c2ccccc2Br)C1. The first-order valence-electron chi connectivity index (χ1n) is 6.49. The third-order valence-corrected chi connectivity index (χ3v) is 3.89. The van der Waals surface area contributed by atoms with Crippen molar-refractivity contribution in [1.82, 2.24) is 5.43 Å². The molecule has 2 rings (SSSR count). The third kappa shape index (κ3) is 3.76. The van der Waals surface area contributed by atoms with Crippen LogP contribution in [0.3, 0.4) is 0 Å². The van der Waals surface area contributed by atoms with E-state index in [2.05, 4.69) is 26.5 Å². The highest BCUT2D eigenvalue weighted by Gasteiger charge is 2.30. The van der Waals surface area contributed by atoms with E-state index in [1.165, 1.54) is 0 Å². The van der Waals surface area contributed by atoms with Crippen LogP contribution in [-0.2, 0) is 4.79 Å². The maximum Gasteiger partial charge on any atom is 0.272 e. The summed E-state index contributed by atoms with van der Waals surface area (Å²) in [6.45, 7) is 4.07. The van der Waals surface area contributed by atoms with Gasteiger partial charge in [0.15, 0.2) is 0 Å². The molecule has 0 saturated heterocycles. The molecule has 20 heavy (non-hydrogen) atoms. The standard InChI is InChI=1S/C15H17BrN2O2/c1-15(2)8-10(7-11(19)9-15)17-18-14(20)12-5-3-4-6-13(12)16/h3-6H,7-9H2,1-2H3,(H,18,20). The fourth-order valence-corrected chi connectivity index (χ4v) is 2.88. The molecule has 1 aromatic rings. The molecule has 1 aromatic carbocycles. The van der Waals surface area contributed by atoms with Gasteiger partial charge >= 0.3 is 0 Å². The van der Waals surface area contributed by atoms with E-state index in [1.807, 2.05) is 19.9 Å². The Labute approximate surface area is 126 Å². The van der Waals surface area contributed by atoms with Crippen molar-refractivity contribution in [3.63, 3.8) is 0 Å². The number of amides is 1. The van der Waals surface area contributed by atoms with Crippen molar-refractivity contribution in [2.24, 2.45) is 10.5 Å². The topological polar surface area (TPSA) is 58.5 Å². The smallest absolute Gasteiger partial charge is 0.272 e. The lowest BCUT2D eigenvalue weighted by molar-refractivity contribution is -0.120. The number of hydrogen-bond acceptors (Lipinski definition) is 3. The number of nitrogens with zero attached hydrogens (tertiary/aromatic N) is 1. The average molecular weight is 337 g/mol. The Hall–Kier alpha value is -1.49. The second-order valence-electron chi connectivity index (χ2n) is 5.83. The van der Waals surface area contributed by atoms with Crippen molar-refractivity contribution in [2.75, 3.05) is 0 Å². The molecule has 0 bridgehead atoms. The van der Waals surface area contributed by atoms with Crippen LogP contribution >= 0.6 is 15.9 Å². The lowest BCUT2D eigenvalue weighted by Gasteiger charge is -2.29. The highest BCUT2D eigenvalue weighted by molar-refractivity contribution is 9.10. The molecule has 0 spiro atoms. The predicted molar refractivity (Wildman–Crippen MR) is 81.7 cm³/mol. The monoisotopic (exact) mass is 336 g/mol. The summed E-state index contributed by atoms with van der Waals surface area (Å²) >= 11 is 3.33. The summed E-state index contributed by atoms with van der Waals surface area (Å²) in [5.74, 6) is -0.101. The number of carbonyl (C=O) groups excluding carboxylic acids is 2. The first-order valence-corrected chi connectivity index (χ1v) is 7.29. The van der Waals surface area contributed by atoms with Crippen LogP contribution in [0, 0.1) is 5.41 Å². The molecule has 1 fully saturated rings. The first kappa shape index (κ1) is 14.9. The highest BCUT2D eigenvalue weighted by Crippen LogP contribution is 2.31. The lowest BCUT2D eigenvalue weighted by atomic mass is 9.76. The van der Waals surface area contributed by atoms with Gasteiger partial charge in [0.1, 0.15) is 5.78 Å². The molecule has 4 nitrogen and oxygen atoms in total. The second-order valence-corrected chi connectivity index (χ2v) is 6.69. The zero-order chi connectivity index (χ0) is 14.8. The van der Waals surface area contributed by atoms with Crippen LogP contribution in [0.4, 0.5) is 0 Å². The van der Waals surface area contributed by atoms with Crippen LogP contribution < -0.4 is 5.43 Å². The molecule has 0 heterocycles. The van der Waals surface area contributed by atoms with Crippen molar-refractivity contribution in [3.05, 3.63) is 34.3 Å². The Morgan fingerprint density at radius 2 is 2.00 bits per heavy atom. The van der Waals surface area contributed by atoms with E-state index in [0.717, 1.165) is 16.6 Å². The zero-order valence-electron chi connectivity index (χ0n) is 11.6. The summed E-state index contributed by atoms with van der Waals surface area (Å²) < 4.78 is 0.720. The molecule has 0 atom stereocenters. The fourth-order valence-electron chi connectivity index (χ4n) is 2.42. The minimum absolute atomic E-state index is 0.0772. The number of hydrazone groups is 1. The van der Waals surface area contributed by atoms with E-state index < -0.39 is 0 Å². The van der Waals surface area contributed by atoms with E-state index in [-0.39, 0.29) is 17.1 Å². The Morgan fingerprint density at radius 1 is 1.30 bits per heavy atom. The van der Waals surface area contributed by atoms with Gasteiger partial charge in [-0.25, -0.2) is 5.43 Å². The molecule has 5 heteroatoms. The number of carbonyl (C=O) groups is 2. The summed E-state index contributed by atoms with van der Waals surface area (Å²) in [7, 11) is 0. The molecule has 1 aliphatic carbocycles. The summed E-state index contributed by atoms with van der Waals surface area (Å²) in [5.41, 5.74) is 3.73. The molecule has 0 radical (unpaired) electrons. The lowest BCUT2D eigenvalue weighted by Crippen LogP contribution is -2.31. The number of hydrogen-bond donors (Lipinski definition) is 1. The Bertz CT molecular complexity index is 579. The third-order valence-electron chi connectivity index (χ3n) is 3.19. The molecule has 1 saturated carbocycles. The van der Waals surface area contributed by atoms with Crippen molar-refractivity contribution in [3.8, 4) is 0 Å². The average Bonchev–Trinajstić information content (AvgIpc) is 2.34. The minimum atomic E-state index is -0.277. The maximum absolute atomic E-state index is 12.0. The van der Waals surface area contributed by atoms with Crippen molar-refractivity contribution in [2.45, 2.75) is 33.1 Å². The van der Waals surface area contributed by atoms with E-state index in [4.69, 9.17) is 0 Å². The second kappa shape index (κ2) is 5.87. The largest absolute Gasteiger partial charge is 0.299 e. The van der Waals surface area contributed by atoms with Crippen LogP contribution in [0.25, 0.3) is 0 Å². The normalized spacial score (nSPS) is 19.9. The molecular formula is C15H17BrN2O2. The van der Waals surface area contributed by atoms with Gasteiger partial charge in [0.05, 0.1) is 5.56 Å². The van der Waals surface area contributed by atoms with Crippen molar-refractivity contribution in [1.29, 1.82) is 0 Å². The van der Waals surface area contributed by atoms with E-state index >= 15 is 0 Å². The molecule has 106 valence electrons. The van der Waals surface area contributed by atoms with E-state index in [9.17, 15) is 9.59 Å². The number of rotatable bonds is 2. The van der Waals surface area contributed by atoms with Gasteiger partial charge in [0.2, 0.25) is 0 Å². The molecule has 0 aromatic heterocycles. The Balaban J connectivity index is 2.08. The molecule has 0 aliphatic heterocycles. The number of halogens is 1. The van der Waals surface area contributed by atoms with Crippen LogP contribution in [0.2, 0.25) is 0 Å². The number of nitrogens with one attached hydrogen (secondary N) is 1. The molecule has 1 amide bonds. The van der Waals surface area contributed by atoms with Gasteiger partial charge in [-0.3, -0.25) is 9.59 Å². The van der Waals surface area contributed by atoms with Gasteiger partial charge in [-0.05, 0) is 39.9 Å². The summed E-state index contributed by atoms with van der Waals surface area (Å²) in [6, 6.07) is 7.15. The quantitative estimate of drug-likeness (QED) is 0.842. The van der Waals surface area contributed by atoms with Crippen LogP contribution in [0.1, 0.15) is 43.5 Å². The summed E-state index contributed by atoms with van der Waals surface area (Å²) in [5, 5.41) is 4.12. The van der Waals surface area contributed by atoms with Gasteiger partial charge in [-0.15, -0.1) is 0 Å². The Morgan fingerprint density at radius 3 is 2.65 bits per heavy atom. The van der Waals surface area contributed by atoms with Crippen molar-refractivity contribution < 1.29 is 9.59 Å². The molecule has 0 unspecified atom stereocenters. The van der Waals surface area contributed by atoms with Gasteiger partial charge in [0, 0.05) is 23.0 Å².